The summed E-state index contributed by atoms with van der Waals surface area (Å²) in [4.78, 5) is 0. The Hall–Kier alpha value is -0.830. The molecular formula is C14H27N3. The highest BCUT2D eigenvalue weighted by atomic mass is 15.3. The van der Waals surface area contributed by atoms with Crippen LogP contribution in [0.1, 0.15) is 45.5 Å². The Morgan fingerprint density at radius 2 is 2.00 bits per heavy atom. The summed E-state index contributed by atoms with van der Waals surface area (Å²) in [6.07, 6.45) is 1.17. The van der Waals surface area contributed by atoms with Crippen molar-refractivity contribution >= 4 is 0 Å². The highest BCUT2D eigenvalue weighted by molar-refractivity contribution is 5.07. The zero-order valence-corrected chi connectivity index (χ0v) is 12.2. The first-order chi connectivity index (χ1) is 7.84. The number of nitrogens with one attached hydrogen (secondary N) is 1. The molecule has 1 aromatic rings. The third-order valence-electron chi connectivity index (χ3n) is 3.14. The molecule has 0 saturated heterocycles. The van der Waals surface area contributed by atoms with Crippen LogP contribution in [0.25, 0.3) is 0 Å². The maximum absolute atomic E-state index is 4.55. The molecule has 0 aromatic carbocycles. The summed E-state index contributed by atoms with van der Waals surface area (Å²) in [5, 5.41) is 8.18. The van der Waals surface area contributed by atoms with Crippen molar-refractivity contribution in [3.8, 4) is 0 Å². The van der Waals surface area contributed by atoms with Gasteiger partial charge >= 0.3 is 0 Å². The first kappa shape index (κ1) is 14.2. The van der Waals surface area contributed by atoms with E-state index < -0.39 is 0 Å². The molecule has 0 aliphatic rings. The first-order valence-electron chi connectivity index (χ1n) is 6.59. The maximum Gasteiger partial charge on any atom is 0.0596 e. The standard InChI is InChI=1S/C14H27N3/c1-7-8-15-13(14(4,5)6)10-17-12(3)9-11(2)16-17/h9,13,15H,7-8,10H2,1-6H3. The number of aryl methyl sites for hydroxylation is 2. The van der Waals surface area contributed by atoms with Gasteiger partial charge in [-0.2, -0.15) is 5.10 Å². The fourth-order valence-corrected chi connectivity index (χ4v) is 2.00. The Morgan fingerprint density at radius 1 is 1.35 bits per heavy atom. The van der Waals surface area contributed by atoms with E-state index in [1.54, 1.807) is 0 Å². The zero-order valence-electron chi connectivity index (χ0n) is 12.2. The van der Waals surface area contributed by atoms with E-state index in [4.69, 9.17) is 0 Å². The molecule has 1 unspecified atom stereocenters. The smallest absolute Gasteiger partial charge is 0.0596 e. The molecule has 0 aliphatic carbocycles. The van der Waals surface area contributed by atoms with E-state index in [0.717, 1.165) is 18.8 Å². The summed E-state index contributed by atoms with van der Waals surface area (Å²) in [6.45, 7) is 15.2. The van der Waals surface area contributed by atoms with Crippen molar-refractivity contribution in [2.75, 3.05) is 6.54 Å². The highest BCUT2D eigenvalue weighted by Gasteiger charge is 2.24. The molecule has 0 spiro atoms. The van der Waals surface area contributed by atoms with Gasteiger partial charge < -0.3 is 5.32 Å². The van der Waals surface area contributed by atoms with Gasteiger partial charge in [-0.1, -0.05) is 27.7 Å². The normalized spacial score (nSPS) is 14.0. The topological polar surface area (TPSA) is 29.9 Å². The van der Waals surface area contributed by atoms with E-state index in [-0.39, 0.29) is 5.41 Å². The lowest BCUT2D eigenvalue weighted by molar-refractivity contribution is 0.234. The molecular weight excluding hydrogens is 210 g/mol. The zero-order chi connectivity index (χ0) is 13.1. The molecule has 3 nitrogen and oxygen atoms in total. The van der Waals surface area contributed by atoms with Gasteiger partial charge in [0, 0.05) is 11.7 Å². The molecule has 0 bridgehead atoms. The molecule has 98 valence electrons. The predicted molar refractivity (Wildman–Crippen MR) is 73.2 cm³/mol. The molecule has 0 saturated carbocycles. The predicted octanol–water partition coefficient (Wildman–Crippen LogP) is 2.91. The van der Waals surface area contributed by atoms with Crippen LogP contribution in [0.15, 0.2) is 6.07 Å². The Labute approximate surface area is 106 Å². The molecule has 0 amide bonds. The van der Waals surface area contributed by atoms with Crippen LogP contribution in [0.2, 0.25) is 0 Å². The van der Waals surface area contributed by atoms with Crippen molar-refractivity contribution in [2.24, 2.45) is 5.41 Å². The quantitative estimate of drug-likeness (QED) is 0.853. The monoisotopic (exact) mass is 237 g/mol. The number of nitrogens with zero attached hydrogens (tertiary/aromatic N) is 2. The Bertz CT molecular complexity index is 347. The molecule has 17 heavy (non-hydrogen) atoms. The molecule has 3 heteroatoms. The van der Waals surface area contributed by atoms with Crippen LogP contribution in [0.4, 0.5) is 0 Å². The van der Waals surface area contributed by atoms with Crippen LogP contribution in [-0.4, -0.2) is 22.4 Å². The van der Waals surface area contributed by atoms with E-state index in [1.165, 1.54) is 12.1 Å². The fraction of sp³-hybridized carbons (Fsp3) is 0.786. The number of hydrogen-bond donors (Lipinski definition) is 1. The number of rotatable bonds is 5. The summed E-state index contributed by atoms with van der Waals surface area (Å²) in [5.74, 6) is 0. The summed E-state index contributed by atoms with van der Waals surface area (Å²) in [6, 6.07) is 2.60. The minimum Gasteiger partial charge on any atom is -0.312 e. The average Bonchev–Trinajstić information content (AvgIpc) is 2.50. The number of aromatic nitrogens is 2. The van der Waals surface area contributed by atoms with Gasteiger partial charge in [-0.05, 0) is 38.3 Å². The van der Waals surface area contributed by atoms with Crippen LogP contribution in [0.3, 0.4) is 0 Å². The molecule has 1 atom stereocenters. The van der Waals surface area contributed by atoms with Crippen molar-refractivity contribution in [3.05, 3.63) is 17.5 Å². The maximum atomic E-state index is 4.55. The third-order valence-corrected chi connectivity index (χ3v) is 3.14. The first-order valence-corrected chi connectivity index (χ1v) is 6.59. The second-order valence-corrected chi connectivity index (χ2v) is 5.98. The van der Waals surface area contributed by atoms with Crippen molar-refractivity contribution in [1.82, 2.24) is 15.1 Å². The largest absolute Gasteiger partial charge is 0.312 e. The van der Waals surface area contributed by atoms with E-state index in [0.29, 0.717) is 6.04 Å². The summed E-state index contributed by atoms with van der Waals surface area (Å²) < 4.78 is 2.12. The minimum atomic E-state index is 0.251. The van der Waals surface area contributed by atoms with E-state index >= 15 is 0 Å². The molecule has 1 aromatic heterocycles. The summed E-state index contributed by atoms with van der Waals surface area (Å²) >= 11 is 0. The van der Waals surface area contributed by atoms with Crippen molar-refractivity contribution in [2.45, 2.75) is 60.5 Å². The highest BCUT2D eigenvalue weighted by Crippen LogP contribution is 2.21. The van der Waals surface area contributed by atoms with Gasteiger partial charge in [-0.25, -0.2) is 0 Å². The van der Waals surface area contributed by atoms with Crippen LogP contribution < -0.4 is 5.32 Å². The van der Waals surface area contributed by atoms with Crippen LogP contribution >= 0.6 is 0 Å². The van der Waals surface area contributed by atoms with Crippen LogP contribution in [0.5, 0.6) is 0 Å². The Morgan fingerprint density at radius 3 is 2.41 bits per heavy atom. The van der Waals surface area contributed by atoms with Crippen LogP contribution in [0, 0.1) is 19.3 Å². The molecule has 1 rings (SSSR count). The van der Waals surface area contributed by atoms with Crippen LogP contribution in [-0.2, 0) is 6.54 Å². The van der Waals surface area contributed by atoms with Crippen molar-refractivity contribution < 1.29 is 0 Å². The Kier molecular flexibility index (Phi) is 4.75. The average molecular weight is 237 g/mol. The second kappa shape index (κ2) is 5.67. The van der Waals surface area contributed by atoms with Gasteiger partial charge in [-0.15, -0.1) is 0 Å². The lowest BCUT2D eigenvalue weighted by atomic mass is 9.86. The van der Waals surface area contributed by atoms with Gasteiger partial charge in [0.15, 0.2) is 0 Å². The number of hydrogen-bond acceptors (Lipinski definition) is 2. The van der Waals surface area contributed by atoms with Gasteiger partial charge in [-0.3, -0.25) is 4.68 Å². The van der Waals surface area contributed by atoms with E-state index in [1.807, 2.05) is 0 Å². The van der Waals surface area contributed by atoms with Gasteiger partial charge in [0.05, 0.1) is 12.2 Å². The summed E-state index contributed by atoms with van der Waals surface area (Å²) in [5.41, 5.74) is 2.60. The SMILES string of the molecule is CCCNC(Cn1nc(C)cc1C)C(C)(C)C. The van der Waals surface area contributed by atoms with Gasteiger partial charge in [0.25, 0.3) is 0 Å². The molecule has 0 fully saturated rings. The lowest BCUT2D eigenvalue weighted by Gasteiger charge is -2.32. The third kappa shape index (κ3) is 4.15. The molecule has 0 aliphatic heterocycles. The van der Waals surface area contributed by atoms with Gasteiger partial charge in [0.2, 0.25) is 0 Å². The minimum absolute atomic E-state index is 0.251. The molecule has 1 heterocycles. The summed E-state index contributed by atoms with van der Waals surface area (Å²) in [7, 11) is 0. The molecule has 0 radical (unpaired) electrons. The van der Waals surface area contributed by atoms with E-state index in [2.05, 4.69) is 62.7 Å². The second-order valence-electron chi connectivity index (χ2n) is 5.98. The lowest BCUT2D eigenvalue weighted by Crippen LogP contribution is -2.44. The Balaban J connectivity index is 2.75. The van der Waals surface area contributed by atoms with Crippen molar-refractivity contribution in [1.29, 1.82) is 0 Å². The molecule has 1 N–H and O–H groups in total. The van der Waals surface area contributed by atoms with Gasteiger partial charge in [0.1, 0.15) is 0 Å². The fourth-order valence-electron chi connectivity index (χ4n) is 2.00. The van der Waals surface area contributed by atoms with Crippen molar-refractivity contribution in [3.63, 3.8) is 0 Å². The van der Waals surface area contributed by atoms with E-state index in [9.17, 15) is 0 Å².